The maximum absolute atomic E-state index is 11.6. The van der Waals surface area contributed by atoms with Crippen molar-refractivity contribution in [1.82, 2.24) is 4.72 Å². The van der Waals surface area contributed by atoms with Gasteiger partial charge in [0.25, 0.3) is 0 Å². The molecule has 0 radical (unpaired) electrons. The fourth-order valence-corrected chi connectivity index (χ4v) is 3.19. The zero-order chi connectivity index (χ0) is 12.9. The van der Waals surface area contributed by atoms with Crippen LogP contribution in [0.25, 0.3) is 0 Å². The van der Waals surface area contributed by atoms with Gasteiger partial charge in [-0.25, -0.2) is 13.1 Å². The van der Waals surface area contributed by atoms with E-state index in [-0.39, 0.29) is 30.7 Å². The van der Waals surface area contributed by atoms with Gasteiger partial charge in [-0.1, -0.05) is 0 Å². The van der Waals surface area contributed by atoms with Crippen molar-refractivity contribution in [1.29, 1.82) is 0 Å². The van der Waals surface area contributed by atoms with E-state index in [1.54, 1.807) is 6.92 Å². The first kappa shape index (κ1) is 14.4. The first-order valence-electron chi connectivity index (χ1n) is 5.74. The van der Waals surface area contributed by atoms with Crippen LogP contribution in [0.15, 0.2) is 0 Å². The Hall–Kier alpha value is -0.660. The molecule has 100 valence electrons. The van der Waals surface area contributed by atoms with E-state index in [0.717, 1.165) is 12.8 Å². The Morgan fingerprint density at radius 3 is 2.82 bits per heavy atom. The minimum absolute atomic E-state index is 0.0655. The van der Waals surface area contributed by atoms with Gasteiger partial charge in [0, 0.05) is 19.1 Å². The fourth-order valence-electron chi connectivity index (χ4n) is 1.83. The standard InChI is InChI=1S/C10H19NO5S/c1-8(9-4-2-6-16-9)11-17(14,15)7-3-5-10(12)13/h8-9,11H,2-7H2,1H3,(H,12,13). The highest BCUT2D eigenvalue weighted by atomic mass is 32.2. The van der Waals surface area contributed by atoms with Gasteiger partial charge in [0.1, 0.15) is 0 Å². The number of nitrogens with one attached hydrogen (secondary N) is 1. The Balaban J connectivity index is 2.34. The van der Waals surface area contributed by atoms with Crippen LogP contribution >= 0.6 is 0 Å². The molecule has 0 aromatic heterocycles. The fraction of sp³-hybridized carbons (Fsp3) is 0.900. The lowest BCUT2D eigenvalue weighted by atomic mass is 10.1. The van der Waals surface area contributed by atoms with Gasteiger partial charge in [-0.15, -0.1) is 0 Å². The molecule has 0 aromatic rings. The highest BCUT2D eigenvalue weighted by Gasteiger charge is 2.25. The van der Waals surface area contributed by atoms with Gasteiger partial charge in [0.2, 0.25) is 10.0 Å². The molecule has 17 heavy (non-hydrogen) atoms. The lowest BCUT2D eigenvalue weighted by Crippen LogP contribution is -2.41. The van der Waals surface area contributed by atoms with E-state index in [1.807, 2.05) is 0 Å². The summed E-state index contributed by atoms with van der Waals surface area (Å²) in [5.41, 5.74) is 0. The molecule has 0 saturated carbocycles. The van der Waals surface area contributed by atoms with Crippen LogP contribution in [-0.2, 0) is 19.6 Å². The average Bonchev–Trinajstić information content (AvgIpc) is 2.68. The second-order valence-electron chi connectivity index (χ2n) is 4.27. The van der Waals surface area contributed by atoms with Crippen molar-refractivity contribution < 1.29 is 23.1 Å². The number of aliphatic carboxylic acids is 1. The van der Waals surface area contributed by atoms with Crippen LogP contribution in [0.5, 0.6) is 0 Å². The normalized spacial score (nSPS) is 22.5. The Morgan fingerprint density at radius 1 is 1.59 bits per heavy atom. The highest BCUT2D eigenvalue weighted by Crippen LogP contribution is 2.16. The molecule has 2 unspecified atom stereocenters. The topological polar surface area (TPSA) is 92.7 Å². The van der Waals surface area contributed by atoms with Crippen molar-refractivity contribution in [2.75, 3.05) is 12.4 Å². The zero-order valence-corrected chi connectivity index (χ0v) is 10.7. The first-order valence-corrected chi connectivity index (χ1v) is 7.39. The summed E-state index contributed by atoms with van der Waals surface area (Å²) in [5.74, 6) is -1.14. The van der Waals surface area contributed by atoms with Crippen molar-refractivity contribution in [2.24, 2.45) is 0 Å². The monoisotopic (exact) mass is 265 g/mol. The third-order valence-electron chi connectivity index (χ3n) is 2.69. The summed E-state index contributed by atoms with van der Waals surface area (Å²) in [5, 5.41) is 8.43. The van der Waals surface area contributed by atoms with Crippen molar-refractivity contribution in [3.8, 4) is 0 Å². The van der Waals surface area contributed by atoms with Gasteiger partial charge >= 0.3 is 5.97 Å². The molecule has 1 rings (SSSR count). The average molecular weight is 265 g/mol. The molecule has 0 aliphatic carbocycles. The minimum Gasteiger partial charge on any atom is -0.481 e. The molecule has 0 spiro atoms. The summed E-state index contributed by atoms with van der Waals surface area (Å²) in [6.07, 6.45) is 1.75. The molecule has 1 heterocycles. The van der Waals surface area contributed by atoms with Gasteiger partial charge in [0.05, 0.1) is 11.9 Å². The lowest BCUT2D eigenvalue weighted by Gasteiger charge is -2.19. The van der Waals surface area contributed by atoms with E-state index in [2.05, 4.69) is 4.72 Å². The summed E-state index contributed by atoms with van der Waals surface area (Å²) in [4.78, 5) is 10.3. The van der Waals surface area contributed by atoms with Crippen LogP contribution in [0.3, 0.4) is 0 Å². The number of carbonyl (C=O) groups is 1. The van der Waals surface area contributed by atoms with E-state index < -0.39 is 16.0 Å². The quantitative estimate of drug-likeness (QED) is 0.692. The molecule has 0 amide bonds. The molecule has 7 heteroatoms. The lowest BCUT2D eigenvalue weighted by molar-refractivity contribution is -0.137. The van der Waals surface area contributed by atoms with E-state index in [1.165, 1.54) is 0 Å². The maximum atomic E-state index is 11.6. The van der Waals surface area contributed by atoms with Crippen LogP contribution < -0.4 is 4.72 Å². The summed E-state index contributed by atoms with van der Waals surface area (Å²) in [7, 11) is -3.41. The number of ether oxygens (including phenoxy) is 1. The SMILES string of the molecule is CC(NS(=O)(=O)CCCC(=O)O)C1CCCO1. The van der Waals surface area contributed by atoms with Gasteiger partial charge in [-0.3, -0.25) is 4.79 Å². The van der Waals surface area contributed by atoms with Gasteiger partial charge < -0.3 is 9.84 Å². The highest BCUT2D eigenvalue weighted by molar-refractivity contribution is 7.89. The molecule has 2 atom stereocenters. The molecular weight excluding hydrogens is 246 g/mol. The van der Waals surface area contributed by atoms with E-state index in [4.69, 9.17) is 9.84 Å². The summed E-state index contributed by atoms with van der Waals surface area (Å²) in [6, 6.07) is -0.257. The molecule has 1 aliphatic heterocycles. The van der Waals surface area contributed by atoms with Crippen LogP contribution in [0.4, 0.5) is 0 Å². The third kappa shape index (κ3) is 5.47. The van der Waals surface area contributed by atoms with Gasteiger partial charge in [0.15, 0.2) is 0 Å². The van der Waals surface area contributed by atoms with Gasteiger partial charge in [-0.2, -0.15) is 0 Å². The molecule has 0 aromatic carbocycles. The van der Waals surface area contributed by atoms with Crippen LogP contribution in [0.2, 0.25) is 0 Å². The number of carboxylic acid groups (broad SMARTS) is 1. The summed E-state index contributed by atoms with van der Waals surface area (Å²) >= 11 is 0. The smallest absolute Gasteiger partial charge is 0.303 e. The molecule has 1 aliphatic rings. The number of hydrogen-bond donors (Lipinski definition) is 2. The first-order chi connectivity index (χ1) is 7.91. The Morgan fingerprint density at radius 2 is 2.29 bits per heavy atom. The number of sulfonamides is 1. The van der Waals surface area contributed by atoms with Crippen LogP contribution in [0, 0.1) is 0 Å². The second-order valence-corrected chi connectivity index (χ2v) is 6.15. The predicted octanol–water partition coefficient (Wildman–Crippen LogP) is 0.338. The predicted molar refractivity (Wildman–Crippen MR) is 62.2 cm³/mol. The molecule has 0 bridgehead atoms. The molecular formula is C10H19NO5S. The minimum atomic E-state index is -3.41. The van der Waals surface area contributed by atoms with E-state index in [0.29, 0.717) is 6.61 Å². The number of carboxylic acids is 1. The largest absolute Gasteiger partial charge is 0.481 e. The Labute approximate surface area is 101 Å². The molecule has 6 nitrogen and oxygen atoms in total. The van der Waals surface area contributed by atoms with Crippen molar-refractivity contribution >= 4 is 16.0 Å². The van der Waals surface area contributed by atoms with E-state index >= 15 is 0 Å². The zero-order valence-electron chi connectivity index (χ0n) is 9.89. The van der Waals surface area contributed by atoms with E-state index in [9.17, 15) is 13.2 Å². The maximum Gasteiger partial charge on any atom is 0.303 e. The number of rotatable bonds is 7. The Kier molecular flexibility index (Phi) is 5.35. The molecule has 1 saturated heterocycles. The summed E-state index contributed by atoms with van der Waals surface area (Å²) in [6.45, 7) is 2.44. The van der Waals surface area contributed by atoms with Crippen LogP contribution in [-0.4, -0.2) is 44.0 Å². The number of hydrogen-bond acceptors (Lipinski definition) is 4. The Bertz CT molecular complexity index is 348. The van der Waals surface area contributed by atoms with Crippen molar-refractivity contribution in [2.45, 2.75) is 44.8 Å². The third-order valence-corrected chi connectivity index (χ3v) is 4.25. The second kappa shape index (κ2) is 6.32. The van der Waals surface area contributed by atoms with Crippen molar-refractivity contribution in [3.63, 3.8) is 0 Å². The molecule has 2 N–H and O–H groups in total. The molecule has 1 fully saturated rings. The summed E-state index contributed by atoms with van der Waals surface area (Å²) < 4.78 is 31.1. The van der Waals surface area contributed by atoms with Gasteiger partial charge in [-0.05, 0) is 26.2 Å². The van der Waals surface area contributed by atoms with Crippen molar-refractivity contribution in [3.05, 3.63) is 0 Å². The van der Waals surface area contributed by atoms with Crippen LogP contribution in [0.1, 0.15) is 32.6 Å².